The Morgan fingerprint density at radius 1 is 1.19 bits per heavy atom. The highest BCUT2D eigenvalue weighted by atomic mass is 16.2. The number of pyridine rings is 1. The molecule has 0 aliphatic carbocycles. The normalized spacial score (nSPS) is 15.5. The van der Waals surface area contributed by atoms with E-state index in [-0.39, 0.29) is 11.9 Å². The third-order valence-corrected chi connectivity index (χ3v) is 4.81. The van der Waals surface area contributed by atoms with Crippen molar-refractivity contribution in [3.63, 3.8) is 0 Å². The summed E-state index contributed by atoms with van der Waals surface area (Å²) >= 11 is 0. The van der Waals surface area contributed by atoms with Crippen molar-refractivity contribution in [2.24, 2.45) is 0 Å². The Morgan fingerprint density at radius 3 is 2.88 bits per heavy atom. The second-order valence-corrected chi connectivity index (χ2v) is 6.50. The molecule has 3 amide bonds. The summed E-state index contributed by atoms with van der Waals surface area (Å²) in [5, 5.41) is 8.51. The van der Waals surface area contributed by atoms with Crippen molar-refractivity contribution in [3.8, 4) is 0 Å². The second-order valence-electron chi connectivity index (χ2n) is 6.50. The van der Waals surface area contributed by atoms with Crippen LogP contribution in [0.2, 0.25) is 0 Å². The van der Waals surface area contributed by atoms with Gasteiger partial charge in [-0.25, -0.2) is 9.78 Å². The molecule has 0 saturated carbocycles. The first-order chi connectivity index (χ1) is 12.7. The van der Waals surface area contributed by atoms with Gasteiger partial charge in [0.2, 0.25) is 0 Å². The van der Waals surface area contributed by atoms with Crippen LogP contribution in [0.4, 0.5) is 16.3 Å². The zero-order chi connectivity index (χ0) is 17.9. The number of urea groups is 1. The molecule has 2 aliphatic rings. The van der Waals surface area contributed by atoms with Gasteiger partial charge in [-0.2, -0.15) is 0 Å². The molecule has 0 atom stereocenters. The zero-order valence-electron chi connectivity index (χ0n) is 14.4. The van der Waals surface area contributed by atoms with Gasteiger partial charge in [0.15, 0.2) is 0 Å². The number of hydrogen-bond donors (Lipinski definition) is 3. The fourth-order valence-corrected chi connectivity index (χ4v) is 3.49. The number of hydrogen-bond acceptors (Lipinski definition) is 4. The molecule has 7 nitrogen and oxygen atoms in total. The molecular weight excluding hydrogens is 330 g/mol. The lowest BCUT2D eigenvalue weighted by Gasteiger charge is -2.20. The predicted octanol–water partition coefficient (Wildman–Crippen LogP) is 2.25. The van der Waals surface area contributed by atoms with Crippen molar-refractivity contribution < 1.29 is 9.59 Å². The van der Waals surface area contributed by atoms with Crippen molar-refractivity contribution in [2.45, 2.75) is 25.9 Å². The Kier molecular flexibility index (Phi) is 4.43. The van der Waals surface area contributed by atoms with Gasteiger partial charge in [-0.05, 0) is 31.0 Å². The van der Waals surface area contributed by atoms with Gasteiger partial charge >= 0.3 is 6.03 Å². The van der Waals surface area contributed by atoms with Gasteiger partial charge < -0.3 is 20.9 Å². The lowest BCUT2D eigenvalue weighted by molar-refractivity contribution is 0.0965. The fourth-order valence-electron chi connectivity index (χ4n) is 3.49. The summed E-state index contributed by atoms with van der Waals surface area (Å²) in [5.74, 6) is 0.843. The van der Waals surface area contributed by atoms with Crippen LogP contribution in [0.15, 0.2) is 36.5 Å². The van der Waals surface area contributed by atoms with Crippen LogP contribution in [-0.4, -0.2) is 30.0 Å². The number of aromatic nitrogens is 1. The van der Waals surface area contributed by atoms with E-state index >= 15 is 0 Å². The van der Waals surface area contributed by atoms with E-state index in [2.05, 4.69) is 25.8 Å². The molecule has 1 aromatic carbocycles. The van der Waals surface area contributed by atoms with Crippen LogP contribution in [0.25, 0.3) is 0 Å². The first kappa shape index (κ1) is 16.4. The molecule has 0 radical (unpaired) electrons. The largest absolute Gasteiger partial charge is 0.356 e. The van der Waals surface area contributed by atoms with Crippen LogP contribution in [0.5, 0.6) is 0 Å². The molecule has 1 saturated heterocycles. The minimum atomic E-state index is -0.297. The van der Waals surface area contributed by atoms with Crippen LogP contribution < -0.4 is 20.9 Å². The molecule has 26 heavy (non-hydrogen) atoms. The van der Waals surface area contributed by atoms with E-state index < -0.39 is 0 Å². The lowest BCUT2D eigenvalue weighted by atomic mass is 10.1. The van der Waals surface area contributed by atoms with Crippen LogP contribution in [0, 0.1) is 0 Å². The molecule has 2 aliphatic heterocycles. The minimum absolute atomic E-state index is 0.102. The third kappa shape index (κ3) is 3.20. The van der Waals surface area contributed by atoms with Gasteiger partial charge in [-0.1, -0.05) is 12.1 Å². The number of nitrogens with one attached hydrogen (secondary N) is 3. The summed E-state index contributed by atoms with van der Waals surface area (Å²) in [6.07, 6.45) is 4.14. The molecule has 2 aromatic rings. The Labute approximate surface area is 151 Å². The van der Waals surface area contributed by atoms with Gasteiger partial charge in [-0.15, -0.1) is 0 Å². The number of carbonyl (C=O) groups excluding carboxylic acids is 2. The SMILES string of the molecule is O=C(NCc1cccnc1N1CCCC1)Nc1cccc2c1CNC2=O. The molecule has 0 bridgehead atoms. The Balaban J connectivity index is 1.42. The predicted molar refractivity (Wildman–Crippen MR) is 99.2 cm³/mol. The topological polar surface area (TPSA) is 86.4 Å². The summed E-state index contributed by atoms with van der Waals surface area (Å²) in [4.78, 5) is 30.8. The monoisotopic (exact) mass is 351 g/mol. The maximum atomic E-state index is 12.3. The summed E-state index contributed by atoms with van der Waals surface area (Å²) in [6.45, 7) is 2.85. The maximum absolute atomic E-state index is 12.3. The molecule has 1 fully saturated rings. The molecule has 1 aromatic heterocycles. The highest BCUT2D eigenvalue weighted by Gasteiger charge is 2.22. The minimum Gasteiger partial charge on any atom is -0.356 e. The van der Waals surface area contributed by atoms with Gasteiger partial charge in [0.05, 0.1) is 0 Å². The zero-order valence-corrected chi connectivity index (χ0v) is 14.4. The van der Waals surface area contributed by atoms with Crippen molar-refractivity contribution in [3.05, 3.63) is 53.2 Å². The molecule has 7 heteroatoms. The van der Waals surface area contributed by atoms with E-state index in [0.717, 1.165) is 30.0 Å². The van der Waals surface area contributed by atoms with Gasteiger partial charge in [0, 0.05) is 54.8 Å². The van der Waals surface area contributed by atoms with Gasteiger partial charge in [0.25, 0.3) is 5.91 Å². The molecule has 4 rings (SSSR count). The molecule has 0 unspecified atom stereocenters. The van der Waals surface area contributed by atoms with Gasteiger partial charge in [0.1, 0.15) is 5.82 Å². The number of rotatable bonds is 4. The van der Waals surface area contributed by atoms with Gasteiger partial charge in [-0.3, -0.25) is 4.79 Å². The highest BCUT2D eigenvalue weighted by molar-refractivity contribution is 6.01. The summed E-state index contributed by atoms with van der Waals surface area (Å²) in [7, 11) is 0. The van der Waals surface area contributed by atoms with Crippen molar-refractivity contribution >= 4 is 23.4 Å². The molecular formula is C19H21N5O2. The average Bonchev–Trinajstić information content (AvgIpc) is 3.31. The Bertz CT molecular complexity index is 846. The highest BCUT2D eigenvalue weighted by Crippen LogP contribution is 2.24. The smallest absolute Gasteiger partial charge is 0.319 e. The fraction of sp³-hybridized carbons (Fsp3) is 0.316. The number of amides is 3. The Morgan fingerprint density at radius 2 is 2.04 bits per heavy atom. The summed E-state index contributed by atoms with van der Waals surface area (Å²) in [6, 6.07) is 8.91. The summed E-state index contributed by atoms with van der Waals surface area (Å²) < 4.78 is 0. The standard InChI is InChI=1S/C19H21N5O2/c25-18-14-6-3-7-16(15(14)12-21-18)23-19(26)22-11-13-5-4-8-20-17(13)24-9-1-2-10-24/h3-8H,1-2,9-12H2,(H,21,25)(H2,22,23,26). The average molecular weight is 351 g/mol. The molecule has 0 spiro atoms. The summed E-state index contributed by atoms with van der Waals surface area (Å²) in [5.41, 5.74) is 3.10. The molecule has 3 N–H and O–H groups in total. The number of anilines is 2. The number of carbonyl (C=O) groups is 2. The lowest BCUT2D eigenvalue weighted by Crippen LogP contribution is -2.30. The van der Waals surface area contributed by atoms with E-state index in [1.807, 2.05) is 12.1 Å². The molecule has 134 valence electrons. The quantitative estimate of drug-likeness (QED) is 0.788. The first-order valence-corrected chi connectivity index (χ1v) is 8.86. The van der Waals surface area contributed by atoms with Crippen molar-refractivity contribution in [2.75, 3.05) is 23.3 Å². The van der Waals surface area contributed by atoms with Crippen LogP contribution in [-0.2, 0) is 13.1 Å². The molecule has 3 heterocycles. The van der Waals surface area contributed by atoms with E-state index in [1.54, 1.807) is 24.4 Å². The second kappa shape index (κ2) is 7.03. The van der Waals surface area contributed by atoms with Crippen molar-refractivity contribution in [1.82, 2.24) is 15.6 Å². The van der Waals surface area contributed by atoms with E-state index in [0.29, 0.717) is 24.3 Å². The van der Waals surface area contributed by atoms with Crippen molar-refractivity contribution in [1.29, 1.82) is 0 Å². The van der Waals surface area contributed by atoms with E-state index in [4.69, 9.17) is 0 Å². The van der Waals surface area contributed by atoms with E-state index in [1.165, 1.54) is 12.8 Å². The van der Waals surface area contributed by atoms with Crippen LogP contribution >= 0.6 is 0 Å². The number of fused-ring (bicyclic) bond motifs is 1. The Hall–Kier alpha value is -3.09. The first-order valence-electron chi connectivity index (χ1n) is 8.86. The third-order valence-electron chi connectivity index (χ3n) is 4.81. The van der Waals surface area contributed by atoms with E-state index in [9.17, 15) is 9.59 Å². The van der Waals surface area contributed by atoms with Crippen LogP contribution in [0.1, 0.15) is 34.3 Å². The number of nitrogens with zero attached hydrogens (tertiary/aromatic N) is 2. The van der Waals surface area contributed by atoms with Crippen LogP contribution in [0.3, 0.4) is 0 Å². The maximum Gasteiger partial charge on any atom is 0.319 e. The number of benzene rings is 1.